The summed E-state index contributed by atoms with van der Waals surface area (Å²) in [7, 11) is 0. The van der Waals surface area contributed by atoms with Gasteiger partial charge in [-0.1, -0.05) is 24.3 Å². The summed E-state index contributed by atoms with van der Waals surface area (Å²) in [6.07, 6.45) is 1.05. The Balaban J connectivity index is 1.97. The van der Waals surface area contributed by atoms with Gasteiger partial charge in [0.05, 0.1) is 6.61 Å². The van der Waals surface area contributed by atoms with Crippen molar-refractivity contribution < 1.29 is 14.3 Å². The molecule has 8 heteroatoms. The normalized spacial score (nSPS) is 10.4. The molecule has 0 saturated carbocycles. The van der Waals surface area contributed by atoms with Crippen molar-refractivity contribution in [1.82, 2.24) is 10.2 Å². The first-order valence-electron chi connectivity index (χ1n) is 7.73. The van der Waals surface area contributed by atoms with Crippen molar-refractivity contribution in [3.63, 3.8) is 0 Å². The summed E-state index contributed by atoms with van der Waals surface area (Å²) in [5.41, 5.74) is 1.03. The van der Waals surface area contributed by atoms with Crippen LogP contribution in [0.15, 0.2) is 24.3 Å². The van der Waals surface area contributed by atoms with E-state index in [4.69, 9.17) is 4.74 Å². The number of ether oxygens (including phenoxy) is 1. The monoisotopic (exact) mass is 348 g/mol. The summed E-state index contributed by atoms with van der Waals surface area (Å²) in [4.78, 5) is 23.7. The SMILES string of the molecule is CCOCCc1nnc(NC(=O)c2cccc(NC(=O)CC)c2)s1. The van der Waals surface area contributed by atoms with Crippen LogP contribution in [0.1, 0.15) is 35.6 Å². The lowest BCUT2D eigenvalue weighted by Crippen LogP contribution is -2.13. The van der Waals surface area contributed by atoms with E-state index in [2.05, 4.69) is 20.8 Å². The Labute approximate surface area is 144 Å². The number of rotatable bonds is 8. The fourth-order valence-electron chi connectivity index (χ4n) is 1.87. The van der Waals surface area contributed by atoms with Gasteiger partial charge < -0.3 is 10.1 Å². The van der Waals surface area contributed by atoms with E-state index in [0.29, 0.717) is 42.4 Å². The highest BCUT2D eigenvalue weighted by molar-refractivity contribution is 7.15. The van der Waals surface area contributed by atoms with Gasteiger partial charge >= 0.3 is 0 Å². The van der Waals surface area contributed by atoms with Crippen LogP contribution in [0, 0.1) is 0 Å². The van der Waals surface area contributed by atoms with E-state index in [1.165, 1.54) is 11.3 Å². The predicted octanol–water partition coefficient (Wildman–Crippen LogP) is 2.72. The molecular weight excluding hydrogens is 328 g/mol. The van der Waals surface area contributed by atoms with Gasteiger partial charge in [-0.2, -0.15) is 0 Å². The molecule has 128 valence electrons. The summed E-state index contributed by atoms with van der Waals surface area (Å²) in [5, 5.41) is 14.7. The molecule has 24 heavy (non-hydrogen) atoms. The molecule has 0 spiro atoms. The number of nitrogens with one attached hydrogen (secondary N) is 2. The van der Waals surface area contributed by atoms with Crippen molar-refractivity contribution in [2.45, 2.75) is 26.7 Å². The van der Waals surface area contributed by atoms with E-state index in [1.807, 2.05) is 6.92 Å². The van der Waals surface area contributed by atoms with Gasteiger partial charge in [-0.05, 0) is 25.1 Å². The van der Waals surface area contributed by atoms with Gasteiger partial charge in [0.1, 0.15) is 5.01 Å². The third-order valence-electron chi connectivity index (χ3n) is 3.08. The zero-order chi connectivity index (χ0) is 17.4. The Kier molecular flexibility index (Phi) is 6.83. The van der Waals surface area contributed by atoms with Crippen molar-refractivity contribution in [3.05, 3.63) is 34.8 Å². The van der Waals surface area contributed by atoms with Crippen LogP contribution >= 0.6 is 11.3 Å². The molecule has 0 atom stereocenters. The lowest BCUT2D eigenvalue weighted by atomic mass is 10.2. The second kappa shape index (κ2) is 9.09. The van der Waals surface area contributed by atoms with Crippen LogP contribution in [0.3, 0.4) is 0 Å². The van der Waals surface area contributed by atoms with E-state index in [1.54, 1.807) is 31.2 Å². The molecule has 1 aromatic heterocycles. The average molecular weight is 348 g/mol. The molecule has 0 saturated heterocycles. The number of carbonyl (C=O) groups excluding carboxylic acids is 2. The maximum atomic E-state index is 12.3. The first kappa shape index (κ1) is 18.0. The molecule has 2 aromatic rings. The van der Waals surface area contributed by atoms with E-state index in [0.717, 1.165) is 5.01 Å². The maximum Gasteiger partial charge on any atom is 0.257 e. The van der Waals surface area contributed by atoms with Crippen LogP contribution in [0.4, 0.5) is 10.8 Å². The minimum Gasteiger partial charge on any atom is -0.381 e. The molecule has 0 aliphatic carbocycles. The minimum atomic E-state index is -0.296. The number of nitrogens with zero attached hydrogens (tertiary/aromatic N) is 2. The Hall–Kier alpha value is -2.32. The zero-order valence-corrected chi connectivity index (χ0v) is 14.5. The maximum absolute atomic E-state index is 12.3. The second-order valence-electron chi connectivity index (χ2n) is 4.88. The van der Waals surface area contributed by atoms with Crippen molar-refractivity contribution in [2.24, 2.45) is 0 Å². The van der Waals surface area contributed by atoms with Gasteiger partial charge in [-0.15, -0.1) is 10.2 Å². The molecule has 0 fully saturated rings. The molecule has 0 unspecified atom stereocenters. The van der Waals surface area contributed by atoms with Gasteiger partial charge in [0.25, 0.3) is 5.91 Å². The second-order valence-corrected chi connectivity index (χ2v) is 5.95. The molecular formula is C16H20N4O3S. The van der Waals surface area contributed by atoms with Crippen LogP contribution in [0.5, 0.6) is 0 Å². The standard InChI is InChI=1S/C16H20N4O3S/c1-3-13(21)17-12-7-5-6-11(10-12)15(22)18-16-20-19-14(24-16)8-9-23-4-2/h5-7,10H,3-4,8-9H2,1-2H3,(H,17,21)(H,18,20,22). The van der Waals surface area contributed by atoms with Gasteiger partial charge in [-0.3, -0.25) is 14.9 Å². The smallest absolute Gasteiger partial charge is 0.257 e. The number of hydrogen-bond donors (Lipinski definition) is 2. The Bertz CT molecular complexity index is 702. The summed E-state index contributed by atoms with van der Waals surface area (Å²) in [5.74, 6) is -0.397. The van der Waals surface area contributed by atoms with Crippen LogP contribution in [0.2, 0.25) is 0 Å². The van der Waals surface area contributed by atoms with Crippen molar-refractivity contribution in [1.29, 1.82) is 0 Å². The predicted molar refractivity (Wildman–Crippen MR) is 93.4 cm³/mol. The van der Waals surface area contributed by atoms with Gasteiger partial charge in [0.15, 0.2) is 0 Å². The van der Waals surface area contributed by atoms with E-state index in [9.17, 15) is 9.59 Å². The Morgan fingerprint density at radius 2 is 2.04 bits per heavy atom. The topological polar surface area (TPSA) is 93.2 Å². The van der Waals surface area contributed by atoms with E-state index in [-0.39, 0.29) is 11.8 Å². The summed E-state index contributed by atoms with van der Waals surface area (Å²) in [6.45, 7) is 4.94. The summed E-state index contributed by atoms with van der Waals surface area (Å²) >= 11 is 1.32. The lowest BCUT2D eigenvalue weighted by Gasteiger charge is -2.06. The number of benzene rings is 1. The van der Waals surface area contributed by atoms with Crippen molar-refractivity contribution in [2.75, 3.05) is 23.8 Å². The first-order chi connectivity index (χ1) is 11.6. The van der Waals surface area contributed by atoms with Gasteiger partial charge in [0, 0.05) is 30.7 Å². The number of amides is 2. The highest BCUT2D eigenvalue weighted by Crippen LogP contribution is 2.18. The largest absolute Gasteiger partial charge is 0.381 e. The quantitative estimate of drug-likeness (QED) is 0.716. The Morgan fingerprint density at radius 3 is 2.79 bits per heavy atom. The molecule has 1 heterocycles. The first-order valence-corrected chi connectivity index (χ1v) is 8.55. The third-order valence-corrected chi connectivity index (χ3v) is 3.98. The molecule has 2 rings (SSSR count). The van der Waals surface area contributed by atoms with Gasteiger partial charge in [0.2, 0.25) is 11.0 Å². The molecule has 0 aliphatic rings. The van der Waals surface area contributed by atoms with Crippen molar-refractivity contribution >= 4 is 34.0 Å². The van der Waals surface area contributed by atoms with Crippen molar-refractivity contribution in [3.8, 4) is 0 Å². The summed E-state index contributed by atoms with van der Waals surface area (Å²) < 4.78 is 5.27. The fraction of sp³-hybridized carbons (Fsp3) is 0.375. The number of hydrogen-bond acceptors (Lipinski definition) is 6. The number of carbonyl (C=O) groups is 2. The molecule has 7 nitrogen and oxygen atoms in total. The third kappa shape index (κ3) is 5.39. The fourth-order valence-corrected chi connectivity index (χ4v) is 2.58. The molecule has 1 aromatic carbocycles. The number of aromatic nitrogens is 2. The highest BCUT2D eigenvalue weighted by Gasteiger charge is 2.11. The van der Waals surface area contributed by atoms with Crippen LogP contribution in [-0.4, -0.2) is 35.2 Å². The molecule has 0 bridgehead atoms. The minimum absolute atomic E-state index is 0.101. The molecule has 2 amide bonds. The Morgan fingerprint density at radius 1 is 1.21 bits per heavy atom. The van der Waals surface area contributed by atoms with E-state index >= 15 is 0 Å². The van der Waals surface area contributed by atoms with Crippen LogP contribution in [0.25, 0.3) is 0 Å². The van der Waals surface area contributed by atoms with Crippen LogP contribution in [-0.2, 0) is 16.0 Å². The van der Waals surface area contributed by atoms with Crippen LogP contribution < -0.4 is 10.6 Å². The summed E-state index contributed by atoms with van der Waals surface area (Å²) in [6, 6.07) is 6.75. The van der Waals surface area contributed by atoms with Gasteiger partial charge in [-0.25, -0.2) is 0 Å². The molecule has 0 radical (unpaired) electrons. The average Bonchev–Trinajstić information content (AvgIpc) is 3.02. The van der Waals surface area contributed by atoms with E-state index < -0.39 is 0 Å². The molecule has 0 aliphatic heterocycles. The zero-order valence-electron chi connectivity index (χ0n) is 13.7. The highest BCUT2D eigenvalue weighted by atomic mass is 32.1. The molecule has 2 N–H and O–H groups in total. The lowest BCUT2D eigenvalue weighted by molar-refractivity contribution is -0.115. The number of anilines is 2.